The molecular weight excluding hydrogens is 311 g/mol. The molecule has 2 aromatic rings. The molecule has 6 heteroatoms. The van der Waals surface area contributed by atoms with Crippen LogP contribution in [0.1, 0.15) is 19.7 Å². The molecule has 0 unspecified atom stereocenters. The molecule has 2 N–H and O–H groups in total. The van der Waals surface area contributed by atoms with Gasteiger partial charge in [-0.05, 0) is 24.1 Å². The zero-order valence-corrected chi connectivity index (χ0v) is 12.5. The fourth-order valence-corrected chi connectivity index (χ4v) is 2.27. The van der Waals surface area contributed by atoms with Gasteiger partial charge in [-0.2, -0.15) is 0 Å². The molecule has 0 amide bonds. The highest BCUT2D eigenvalue weighted by Gasteiger charge is 2.17. The molecule has 1 aromatic carbocycles. The van der Waals surface area contributed by atoms with E-state index in [-0.39, 0.29) is 12.4 Å². The molecule has 0 bridgehead atoms. The first-order valence-electron chi connectivity index (χ1n) is 6.10. The summed E-state index contributed by atoms with van der Waals surface area (Å²) in [5, 5.41) is 8.13. The van der Waals surface area contributed by atoms with Crippen LogP contribution in [0.25, 0.3) is 11.4 Å². The van der Waals surface area contributed by atoms with Gasteiger partial charge in [-0.25, -0.2) is 4.39 Å². The zero-order valence-electron chi connectivity index (χ0n) is 10.9. The van der Waals surface area contributed by atoms with Gasteiger partial charge in [-0.3, -0.25) is 0 Å². The number of rotatable bonds is 4. The molecule has 19 heavy (non-hydrogen) atoms. The second-order valence-electron chi connectivity index (χ2n) is 4.77. The molecule has 0 aliphatic rings. The largest absolute Gasteiger partial charge is 0.324 e. The van der Waals surface area contributed by atoms with E-state index < -0.39 is 0 Å². The predicted octanol–water partition coefficient (Wildman–Crippen LogP) is 2.96. The summed E-state index contributed by atoms with van der Waals surface area (Å²) in [5.74, 6) is 1.27. The van der Waals surface area contributed by atoms with Gasteiger partial charge in [0, 0.05) is 11.0 Å². The van der Waals surface area contributed by atoms with Crippen LogP contribution in [0, 0.1) is 11.7 Å². The van der Waals surface area contributed by atoms with Gasteiger partial charge >= 0.3 is 0 Å². The minimum atomic E-state index is -0.316. The first-order valence-corrected chi connectivity index (χ1v) is 6.89. The van der Waals surface area contributed by atoms with Crippen molar-refractivity contribution in [3.63, 3.8) is 0 Å². The number of aromatic nitrogens is 3. The smallest absolute Gasteiger partial charge is 0.167 e. The van der Waals surface area contributed by atoms with Crippen molar-refractivity contribution in [1.29, 1.82) is 0 Å². The Morgan fingerprint density at radius 3 is 2.74 bits per heavy atom. The number of hydrogen-bond acceptors (Lipinski definition) is 3. The minimum Gasteiger partial charge on any atom is -0.324 e. The van der Waals surface area contributed by atoms with Crippen molar-refractivity contribution >= 4 is 15.9 Å². The summed E-state index contributed by atoms with van der Waals surface area (Å²) in [6.45, 7) is 5.17. The van der Waals surface area contributed by atoms with E-state index in [1.54, 1.807) is 12.1 Å². The van der Waals surface area contributed by atoms with Crippen LogP contribution in [-0.4, -0.2) is 14.8 Å². The lowest BCUT2D eigenvalue weighted by atomic mass is 10.1. The topological polar surface area (TPSA) is 56.7 Å². The normalized spacial score (nSPS) is 11.3. The number of nitrogens with zero attached hydrogens (tertiary/aromatic N) is 3. The zero-order chi connectivity index (χ0) is 14.0. The maximum Gasteiger partial charge on any atom is 0.167 e. The predicted molar refractivity (Wildman–Crippen MR) is 75.8 cm³/mol. The van der Waals surface area contributed by atoms with Crippen molar-refractivity contribution in [2.24, 2.45) is 11.7 Å². The Balaban J connectivity index is 2.55. The average molecular weight is 327 g/mol. The highest BCUT2D eigenvalue weighted by Crippen LogP contribution is 2.26. The summed E-state index contributed by atoms with van der Waals surface area (Å²) in [7, 11) is 0. The third kappa shape index (κ3) is 3.01. The average Bonchev–Trinajstić information content (AvgIpc) is 2.74. The molecule has 2 rings (SSSR count). The van der Waals surface area contributed by atoms with E-state index in [0.29, 0.717) is 29.7 Å². The first-order chi connectivity index (χ1) is 9.02. The second kappa shape index (κ2) is 5.79. The van der Waals surface area contributed by atoms with Crippen LogP contribution in [0.3, 0.4) is 0 Å². The van der Waals surface area contributed by atoms with Crippen molar-refractivity contribution in [1.82, 2.24) is 14.8 Å². The summed E-state index contributed by atoms with van der Waals surface area (Å²) >= 11 is 3.34. The monoisotopic (exact) mass is 326 g/mol. The summed E-state index contributed by atoms with van der Waals surface area (Å²) in [5.41, 5.74) is 6.09. The SMILES string of the molecule is CC(C)Cn1c(CN)nnc1-c1cc(Br)ccc1F. The van der Waals surface area contributed by atoms with Crippen LogP contribution in [-0.2, 0) is 13.1 Å². The van der Waals surface area contributed by atoms with Crippen molar-refractivity contribution in [2.45, 2.75) is 26.9 Å². The molecule has 4 nitrogen and oxygen atoms in total. The van der Waals surface area contributed by atoms with Gasteiger partial charge in [0.15, 0.2) is 5.82 Å². The van der Waals surface area contributed by atoms with Gasteiger partial charge in [0.25, 0.3) is 0 Å². The highest BCUT2D eigenvalue weighted by molar-refractivity contribution is 9.10. The summed E-state index contributed by atoms with van der Waals surface area (Å²) < 4.78 is 16.6. The fraction of sp³-hybridized carbons (Fsp3) is 0.385. The molecule has 0 fully saturated rings. The molecule has 0 aliphatic carbocycles. The number of hydrogen-bond donors (Lipinski definition) is 1. The molecule has 0 aliphatic heterocycles. The van der Waals surface area contributed by atoms with Crippen LogP contribution >= 0.6 is 15.9 Å². The van der Waals surface area contributed by atoms with Crippen LogP contribution in [0.2, 0.25) is 0 Å². The Labute approximate surface area is 120 Å². The summed E-state index contributed by atoms with van der Waals surface area (Å²) in [4.78, 5) is 0. The van der Waals surface area contributed by atoms with Crippen molar-refractivity contribution in [2.75, 3.05) is 0 Å². The van der Waals surface area contributed by atoms with E-state index in [1.807, 2.05) is 4.57 Å². The van der Waals surface area contributed by atoms with Crippen LogP contribution in [0.15, 0.2) is 22.7 Å². The third-order valence-electron chi connectivity index (χ3n) is 2.73. The van der Waals surface area contributed by atoms with Crippen molar-refractivity contribution < 1.29 is 4.39 Å². The van der Waals surface area contributed by atoms with E-state index in [1.165, 1.54) is 6.07 Å². The Morgan fingerprint density at radius 1 is 1.37 bits per heavy atom. The van der Waals surface area contributed by atoms with Gasteiger partial charge in [0.1, 0.15) is 11.6 Å². The lowest BCUT2D eigenvalue weighted by Crippen LogP contribution is -2.13. The van der Waals surface area contributed by atoms with E-state index in [0.717, 1.165) is 4.47 Å². The molecule has 0 saturated carbocycles. The maximum atomic E-state index is 14.0. The van der Waals surface area contributed by atoms with Crippen molar-refractivity contribution in [3.05, 3.63) is 34.3 Å². The van der Waals surface area contributed by atoms with Crippen LogP contribution < -0.4 is 5.73 Å². The number of nitrogens with two attached hydrogens (primary N) is 1. The molecule has 102 valence electrons. The minimum absolute atomic E-state index is 0.287. The lowest BCUT2D eigenvalue weighted by molar-refractivity contribution is 0.509. The van der Waals surface area contributed by atoms with E-state index in [4.69, 9.17) is 5.73 Å². The van der Waals surface area contributed by atoms with E-state index in [2.05, 4.69) is 40.0 Å². The van der Waals surface area contributed by atoms with Gasteiger partial charge < -0.3 is 10.3 Å². The molecular formula is C13H16BrFN4. The van der Waals surface area contributed by atoms with Gasteiger partial charge in [0.2, 0.25) is 0 Å². The van der Waals surface area contributed by atoms with Crippen LogP contribution in [0.4, 0.5) is 4.39 Å². The summed E-state index contributed by atoms with van der Waals surface area (Å²) in [6.07, 6.45) is 0. The van der Waals surface area contributed by atoms with E-state index in [9.17, 15) is 4.39 Å². The Morgan fingerprint density at radius 2 is 2.11 bits per heavy atom. The second-order valence-corrected chi connectivity index (χ2v) is 5.69. The number of halogens is 2. The third-order valence-corrected chi connectivity index (χ3v) is 3.22. The molecule has 1 aromatic heterocycles. The summed E-state index contributed by atoms with van der Waals surface area (Å²) in [6, 6.07) is 4.78. The van der Waals surface area contributed by atoms with Gasteiger partial charge in [0.05, 0.1) is 12.1 Å². The molecule has 0 spiro atoms. The van der Waals surface area contributed by atoms with Crippen LogP contribution in [0.5, 0.6) is 0 Å². The Bertz CT molecular complexity index is 580. The van der Waals surface area contributed by atoms with E-state index >= 15 is 0 Å². The molecule has 0 radical (unpaired) electrons. The first kappa shape index (κ1) is 14.1. The fourth-order valence-electron chi connectivity index (χ4n) is 1.91. The number of benzene rings is 1. The molecule has 0 atom stereocenters. The Kier molecular flexibility index (Phi) is 4.31. The highest BCUT2D eigenvalue weighted by atomic mass is 79.9. The van der Waals surface area contributed by atoms with Gasteiger partial charge in [-0.1, -0.05) is 29.8 Å². The lowest BCUT2D eigenvalue weighted by Gasteiger charge is -2.12. The Hall–Kier alpha value is -1.27. The molecule has 1 heterocycles. The van der Waals surface area contributed by atoms with Gasteiger partial charge in [-0.15, -0.1) is 10.2 Å². The standard InChI is InChI=1S/C13H16BrFN4/c1-8(2)7-19-12(6-16)17-18-13(19)10-5-9(14)3-4-11(10)15/h3-5,8H,6-7,16H2,1-2H3. The van der Waals surface area contributed by atoms with Crippen molar-refractivity contribution in [3.8, 4) is 11.4 Å². The maximum absolute atomic E-state index is 14.0. The quantitative estimate of drug-likeness (QED) is 0.939. The molecule has 0 saturated heterocycles.